The lowest BCUT2D eigenvalue weighted by molar-refractivity contribution is 0.0481. The molecule has 15 heavy (non-hydrogen) atoms. The van der Waals surface area contributed by atoms with Gasteiger partial charge in [0.05, 0.1) is 7.11 Å². The molecule has 1 N–H and O–H groups in total. The summed E-state index contributed by atoms with van der Waals surface area (Å²) in [7, 11) is 2.70. The molecule has 0 amide bonds. The van der Waals surface area contributed by atoms with Gasteiger partial charge in [0.25, 0.3) is 0 Å². The van der Waals surface area contributed by atoms with Gasteiger partial charge in [-0.15, -0.1) is 0 Å². The van der Waals surface area contributed by atoms with E-state index in [2.05, 4.69) is 9.47 Å². The highest BCUT2D eigenvalue weighted by Crippen LogP contribution is 2.29. The summed E-state index contributed by atoms with van der Waals surface area (Å²) in [5.74, 6) is -0.684. The Bertz CT molecular complexity index is 348. The van der Waals surface area contributed by atoms with Gasteiger partial charge in [0.15, 0.2) is 18.3 Å². The molecule has 0 atom stereocenters. The minimum absolute atomic E-state index is 0.00180. The van der Waals surface area contributed by atoms with E-state index in [9.17, 15) is 9.90 Å². The molecule has 0 fully saturated rings. The largest absolute Gasteiger partial charge is 0.504 e. The van der Waals surface area contributed by atoms with Crippen LogP contribution < -0.4 is 4.74 Å². The van der Waals surface area contributed by atoms with Crippen LogP contribution >= 0.6 is 0 Å². The first-order valence-corrected chi connectivity index (χ1v) is 4.22. The van der Waals surface area contributed by atoms with Gasteiger partial charge in [-0.1, -0.05) is 6.07 Å². The van der Waals surface area contributed by atoms with Crippen molar-refractivity contribution in [3.63, 3.8) is 0 Å². The Kier molecular flexibility index (Phi) is 3.93. The second-order valence-electron chi connectivity index (χ2n) is 2.69. The number of hydrogen-bond donors (Lipinski definition) is 1. The quantitative estimate of drug-likeness (QED) is 0.599. The lowest BCUT2D eigenvalue weighted by Crippen LogP contribution is -2.04. The molecule has 1 aromatic rings. The number of ether oxygens (including phenoxy) is 3. The lowest BCUT2D eigenvalue weighted by Gasteiger charge is -2.09. The second kappa shape index (κ2) is 5.21. The van der Waals surface area contributed by atoms with Crippen molar-refractivity contribution in [1.82, 2.24) is 0 Å². The van der Waals surface area contributed by atoms with Gasteiger partial charge in [-0.05, 0) is 12.1 Å². The van der Waals surface area contributed by atoms with E-state index in [0.717, 1.165) is 0 Å². The Hall–Kier alpha value is -1.75. The normalized spacial score (nSPS) is 9.73. The molecule has 0 unspecified atom stereocenters. The summed E-state index contributed by atoms with van der Waals surface area (Å²) in [5, 5.41) is 9.64. The SMILES string of the molecule is COCOc1cccc(C(=O)OC)c1O. The average molecular weight is 212 g/mol. The number of rotatable bonds is 4. The van der Waals surface area contributed by atoms with Gasteiger partial charge in [0, 0.05) is 7.11 Å². The number of esters is 1. The molecular weight excluding hydrogens is 200 g/mol. The maximum Gasteiger partial charge on any atom is 0.341 e. The summed E-state index contributed by atoms with van der Waals surface area (Å²) in [6.07, 6.45) is 0. The first-order chi connectivity index (χ1) is 7.20. The molecule has 0 spiro atoms. The van der Waals surface area contributed by atoms with Crippen molar-refractivity contribution >= 4 is 5.97 Å². The van der Waals surface area contributed by atoms with Crippen molar-refractivity contribution in [3.8, 4) is 11.5 Å². The van der Waals surface area contributed by atoms with Crippen molar-refractivity contribution in [2.45, 2.75) is 0 Å². The zero-order chi connectivity index (χ0) is 11.3. The molecule has 0 aromatic heterocycles. The first kappa shape index (κ1) is 11.3. The van der Waals surface area contributed by atoms with Crippen LogP contribution in [-0.2, 0) is 9.47 Å². The van der Waals surface area contributed by atoms with Crippen LogP contribution in [0.4, 0.5) is 0 Å². The third kappa shape index (κ3) is 2.60. The fourth-order valence-electron chi connectivity index (χ4n) is 1.04. The van der Waals surface area contributed by atoms with Crippen LogP contribution in [0.3, 0.4) is 0 Å². The summed E-state index contributed by atoms with van der Waals surface area (Å²) in [4.78, 5) is 11.2. The molecule has 5 nitrogen and oxygen atoms in total. The number of methoxy groups -OCH3 is 2. The predicted octanol–water partition coefficient (Wildman–Crippen LogP) is 1.16. The highest BCUT2D eigenvalue weighted by Gasteiger charge is 2.15. The summed E-state index contributed by atoms with van der Waals surface area (Å²) in [5.41, 5.74) is 0.0612. The third-order valence-corrected chi connectivity index (χ3v) is 1.74. The fourth-order valence-corrected chi connectivity index (χ4v) is 1.04. The minimum atomic E-state index is -0.615. The molecule has 0 aliphatic heterocycles. The van der Waals surface area contributed by atoms with Crippen LogP contribution in [0.2, 0.25) is 0 Å². The molecule has 5 heteroatoms. The van der Waals surface area contributed by atoms with Crippen LogP contribution in [0.5, 0.6) is 11.5 Å². The molecule has 0 aliphatic rings. The molecule has 82 valence electrons. The third-order valence-electron chi connectivity index (χ3n) is 1.74. The Labute approximate surface area is 87.2 Å². The van der Waals surface area contributed by atoms with E-state index >= 15 is 0 Å². The number of benzene rings is 1. The Morgan fingerprint density at radius 3 is 2.73 bits per heavy atom. The molecule has 0 radical (unpaired) electrons. The molecule has 0 heterocycles. The summed E-state index contributed by atoms with van der Waals surface area (Å²) < 4.78 is 14.2. The molecule has 0 aliphatic carbocycles. The minimum Gasteiger partial charge on any atom is -0.504 e. The fraction of sp³-hybridized carbons (Fsp3) is 0.300. The van der Waals surface area contributed by atoms with Crippen LogP contribution in [0.1, 0.15) is 10.4 Å². The Morgan fingerprint density at radius 1 is 1.40 bits per heavy atom. The van der Waals surface area contributed by atoms with Crippen LogP contribution in [-0.4, -0.2) is 32.1 Å². The zero-order valence-electron chi connectivity index (χ0n) is 8.52. The monoisotopic (exact) mass is 212 g/mol. The highest BCUT2D eigenvalue weighted by molar-refractivity contribution is 5.93. The number of aromatic hydroxyl groups is 1. The van der Waals surface area contributed by atoms with Gasteiger partial charge in [0.2, 0.25) is 0 Å². The number of carbonyl (C=O) groups excluding carboxylic acids is 1. The maximum atomic E-state index is 11.2. The van der Waals surface area contributed by atoms with Crippen LogP contribution in [0.15, 0.2) is 18.2 Å². The van der Waals surface area contributed by atoms with Gasteiger partial charge >= 0.3 is 5.97 Å². The van der Waals surface area contributed by atoms with Crippen LogP contribution in [0, 0.1) is 0 Å². The summed E-state index contributed by atoms with van der Waals surface area (Å²) in [6, 6.07) is 4.55. The van der Waals surface area contributed by atoms with E-state index in [1.165, 1.54) is 26.4 Å². The summed E-state index contributed by atoms with van der Waals surface area (Å²) >= 11 is 0. The highest BCUT2D eigenvalue weighted by atomic mass is 16.7. The molecular formula is C10H12O5. The van der Waals surface area contributed by atoms with Crippen molar-refractivity contribution < 1.29 is 24.1 Å². The summed E-state index contributed by atoms with van der Waals surface area (Å²) in [6.45, 7) is -0.00180. The molecule has 0 saturated carbocycles. The van der Waals surface area contributed by atoms with E-state index < -0.39 is 5.97 Å². The first-order valence-electron chi connectivity index (χ1n) is 4.22. The Morgan fingerprint density at radius 2 is 2.13 bits per heavy atom. The number of carbonyl (C=O) groups is 1. The van der Waals surface area contributed by atoms with E-state index in [4.69, 9.17) is 4.74 Å². The van der Waals surface area contributed by atoms with Crippen molar-refractivity contribution in [3.05, 3.63) is 23.8 Å². The van der Waals surface area contributed by atoms with E-state index in [-0.39, 0.29) is 23.9 Å². The molecule has 0 saturated heterocycles. The molecule has 0 bridgehead atoms. The average Bonchev–Trinajstić information content (AvgIpc) is 2.27. The number of phenolic OH excluding ortho intramolecular Hbond substituents is 1. The van der Waals surface area contributed by atoms with Gasteiger partial charge < -0.3 is 19.3 Å². The standard InChI is InChI=1S/C10H12O5/c1-13-6-15-8-5-3-4-7(9(8)11)10(12)14-2/h3-5,11H,6H2,1-2H3. The van der Waals surface area contributed by atoms with Gasteiger partial charge in [-0.2, -0.15) is 0 Å². The van der Waals surface area contributed by atoms with E-state index in [0.29, 0.717) is 0 Å². The number of phenols is 1. The number of hydrogen-bond acceptors (Lipinski definition) is 5. The number of para-hydroxylation sites is 1. The van der Waals surface area contributed by atoms with E-state index in [1.807, 2.05) is 0 Å². The van der Waals surface area contributed by atoms with E-state index in [1.54, 1.807) is 6.07 Å². The molecule has 1 aromatic carbocycles. The van der Waals surface area contributed by atoms with Crippen molar-refractivity contribution in [2.75, 3.05) is 21.0 Å². The molecule has 1 rings (SSSR count). The Balaban J connectivity index is 2.95. The van der Waals surface area contributed by atoms with Gasteiger partial charge in [-0.3, -0.25) is 0 Å². The predicted molar refractivity (Wildman–Crippen MR) is 52.0 cm³/mol. The van der Waals surface area contributed by atoms with Gasteiger partial charge in [0.1, 0.15) is 5.56 Å². The lowest BCUT2D eigenvalue weighted by atomic mass is 10.2. The van der Waals surface area contributed by atoms with Crippen molar-refractivity contribution in [1.29, 1.82) is 0 Å². The smallest absolute Gasteiger partial charge is 0.341 e. The topological polar surface area (TPSA) is 65.0 Å². The van der Waals surface area contributed by atoms with Crippen molar-refractivity contribution in [2.24, 2.45) is 0 Å². The second-order valence-corrected chi connectivity index (χ2v) is 2.69. The van der Waals surface area contributed by atoms with Gasteiger partial charge in [-0.25, -0.2) is 4.79 Å². The maximum absolute atomic E-state index is 11.2. The zero-order valence-corrected chi connectivity index (χ0v) is 8.52. The van der Waals surface area contributed by atoms with Crippen LogP contribution in [0.25, 0.3) is 0 Å².